The molecule has 0 radical (unpaired) electrons. The summed E-state index contributed by atoms with van der Waals surface area (Å²) in [6.07, 6.45) is -2.03. The van der Waals surface area contributed by atoms with Crippen LogP contribution in [0.3, 0.4) is 0 Å². The molecule has 0 saturated carbocycles. The van der Waals surface area contributed by atoms with Crippen molar-refractivity contribution in [2.45, 2.75) is 45.8 Å². The van der Waals surface area contributed by atoms with E-state index in [-0.39, 0.29) is 23.5 Å². The first kappa shape index (κ1) is 17.3. The molecule has 0 heterocycles. The largest absolute Gasteiger partial charge is 0.491 e. The molecule has 2 aromatic rings. The number of hydrogen-bond donors (Lipinski definition) is 0. The van der Waals surface area contributed by atoms with Gasteiger partial charge in [-0.2, -0.15) is 0 Å². The van der Waals surface area contributed by atoms with Gasteiger partial charge in [-0.05, 0) is 50.6 Å². The topological polar surface area (TPSA) is 18.5 Å². The molecule has 0 aliphatic rings. The third kappa shape index (κ3) is 5.23. The monoisotopic (exact) mass is 320 g/mol. The minimum absolute atomic E-state index is 0.0729. The van der Waals surface area contributed by atoms with E-state index in [1.54, 1.807) is 18.2 Å². The van der Waals surface area contributed by atoms with E-state index in [9.17, 15) is 8.78 Å². The number of para-hydroxylation sites is 1. The molecule has 23 heavy (non-hydrogen) atoms. The number of benzene rings is 2. The molecule has 0 spiro atoms. The first-order chi connectivity index (χ1) is 11.0. The number of hydrogen-bond acceptors (Lipinski definition) is 2. The molecule has 2 rings (SSSR count). The van der Waals surface area contributed by atoms with Crippen molar-refractivity contribution < 1.29 is 18.3 Å². The molecule has 1 atom stereocenters. The Hall–Kier alpha value is -2.10. The molecule has 0 saturated heterocycles. The van der Waals surface area contributed by atoms with Gasteiger partial charge in [-0.3, -0.25) is 0 Å². The maximum absolute atomic E-state index is 13.0. The van der Waals surface area contributed by atoms with E-state index in [0.29, 0.717) is 6.42 Å². The highest BCUT2D eigenvalue weighted by molar-refractivity contribution is 5.35. The van der Waals surface area contributed by atoms with Gasteiger partial charge < -0.3 is 9.47 Å². The van der Waals surface area contributed by atoms with Gasteiger partial charge in [0.1, 0.15) is 11.5 Å². The predicted octanol–water partition coefficient (Wildman–Crippen LogP) is 5.42. The second-order valence-electron chi connectivity index (χ2n) is 5.79. The Morgan fingerprint density at radius 2 is 1.65 bits per heavy atom. The van der Waals surface area contributed by atoms with Crippen LogP contribution in [0.1, 0.15) is 38.3 Å². The van der Waals surface area contributed by atoms with Gasteiger partial charge in [0.2, 0.25) is 0 Å². The number of ether oxygens (including phenoxy) is 2. The summed E-state index contributed by atoms with van der Waals surface area (Å²) in [5.74, 6) is 1.04. The maximum atomic E-state index is 13.0. The van der Waals surface area contributed by atoms with E-state index in [0.717, 1.165) is 11.3 Å². The summed E-state index contributed by atoms with van der Waals surface area (Å²) >= 11 is 0. The van der Waals surface area contributed by atoms with Crippen LogP contribution >= 0.6 is 0 Å². The molecule has 0 amide bonds. The Morgan fingerprint density at radius 3 is 2.35 bits per heavy atom. The van der Waals surface area contributed by atoms with Gasteiger partial charge in [-0.15, -0.1) is 0 Å². The molecule has 2 nitrogen and oxygen atoms in total. The van der Waals surface area contributed by atoms with Crippen molar-refractivity contribution in [2.75, 3.05) is 0 Å². The van der Waals surface area contributed by atoms with Gasteiger partial charge in [0, 0.05) is 6.42 Å². The van der Waals surface area contributed by atoms with Crippen molar-refractivity contribution in [1.29, 1.82) is 0 Å². The fourth-order valence-electron chi connectivity index (χ4n) is 2.38. The molecule has 0 fully saturated rings. The summed E-state index contributed by atoms with van der Waals surface area (Å²) in [6, 6.07) is 14.0. The SMILES string of the molecule is CC(C)Oc1cccc(CC(C)Oc2ccccc2C(F)F)c1. The van der Waals surface area contributed by atoms with E-state index < -0.39 is 6.43 Å². The first-order valence-corrected chi connectivity index (χ1v) is 7.75. The normalized spacial score (nSPS) is 12.5. The van der Waals surface area contributed by atoms with Crippen molar-refractivity contribution in [3.63, 3.8) is 0 Å². The van der Waals surface area contributed by atoms with Crippen LogP contribution in [0.2, 0.25) is 0 Å². The van der Waals surface area contributed by atoms with Gasteiger partial charge in [0.05, 0.1) is 17.8 Å². The zero-order valence-corrected chi connectivity index (χ0v) is 13.6. The maximum Gasteiger partial charge on any atom is 0.267 e. The smallest absolute Gasteiger partial charge is 0.267 e. The summed E-state index contributed by atoms with van der Waals surface area (Å²) < 4.78 is 37.3. The van der Waals surface area contributed by atoms with Crippen molar-refractivity contribution in [1.82, 2.24) is 0 Å². The molecule has 0 aliphatic heterocycles. The minimum atomic E-state index is -2.54. The second-order valence-corrected chi connectivity index (χ2v) is 5.79. The Bertz CT molecular complexity index is 626. The minimum Gasteiger partial charge on any atom is -0.491 e. The molecule has 0 N–H and O–H groups in total. The Kier molecular flexibility index (Phi) is 5.97. The highest BCUT2D eigenvalue weighted by Crippen LogP contribution is 2.29. The van der Waals surface area contributed by atoms with Crippen LogP contribution in [-0.4, -0.2) is 12.2 Å². The lowest BCUT2D eigenvalue weighted by Crippen LogP contribution is -2.16. The van der Waals surface area contributed by atoms with Crippen molar-refractivity contribution in [2.24, 2.45) is 0 Å². The van der Waals surface area contributed by atoms with E-state index in [1.165, 1.54) is 6.07 Å². The molecular formula is C19H22F2O2. The second kappa shape index (κ2) is 7.95. The zero-order valence-electron chi connectivity index (χ0n) is 13.6. The van der Waals surface area contributed by atoms with Gasteiger partial charge in [-0.1, -0.05) is 24.3 Å². The summed E-state index contributed by atoms with van der Waals surface area (Å²) in [5, 5.41) is 0. The molecule has 0 aromatic heterocycles. The molecule has 0 bridgehead atoms. The van der Waals surface area contributed by atoms with Crippen LogP contribution in [0, 0.1) is 0 Å². The molecule has 1 unspecified atom stereocenters. The third-order valence-corrected chi connectivity index (χ3v) is 3.28. The van der Waals surface area contributed by atoms with E-state index in [4.69, 9.17) is 9.47 Å². The molecular weight excluding hydrogens is 298 g/mol. The highest BCUT2D eigenvalue weighted by atomic mass is 19.3. The number of alkyl halides is 2. The molecule has 4 heteroatoms. The number of rotatable bonds is 7. The quantitative estimate of drug-likeness (QED) is 0.678. The van der Waals surface area contributed by atoms with Gasteiger partial charge in [0.25, 0.3) is 6.43 Å². The zero-order chi connectivity index (χ0) is 16.8. The van der Waals surface area contributed by atoms with Gasteiger partial charge in [0.15, 0.2) is 0 Å². The lowest BCUT2D eigenvalue weighted by molar-refractivity contribution is 0.139. The van der Waals surface area contributed by atoms with Crippen molar-refractivity contribution in [3.8, 4) is 11.5 Å². The molecule has 2 aromatic carbocycles. The summed E-state index contributed by atoms with van der Waals surface area (Å²) in [5.41, 5.74) is 0.974. The fourth-order valence-corrected chi connectivity index (χ4v) is 2.38. The van der Waals surface area contributed by atoms with Gasteiger partial charge >= 0.3 is 0 Å². The standard InChI is InChI=1S/C19H22F2O2/c1-13(2)22-16-8-6-7-15(12-16)11-14(3)23-18-10-5-4-9-17(18)19(20)21/h4-10,12-14,19H,11H2,1-3H3. The van der Waals surface area contributed by atoms with Crippen LogP contribution in [0.25, 0.3) is 0 Å². The Morgan fingerprint density at radius 1 is 0.913 bits per heavy atom. The Labute approximate surface area is 136 Å². The average molecular weight is 320 g/mol. The summed E-state index contributed by atoms with van der Waals surface area (Å²) in [4.78, 5) is 0. The van der Waals surface area contributed by atoms with Crippen LogP contribution in [0.4, 0.5) is 8.78 Å². The highest BCUT2D eigenvalue weighted by Gasteiger charge is 2.15. The lowest BCUT2D eigenvalue weighted by Gasteiger charge is -2.18. The van der Waals surface area contributed by atoms with Crippen molar-refractivity contribution in [3.05, 3.63) is 59.7 Å². The van der Waals surface area contributed by atoms with E-state index in [2.05, 4.69) is 0 Å². The van der Waals surface area contributed by atoms with Crippen LogP contribution in [0.15, 0.2) is 48.5 Å². The fraction of sp³-hybridized carbons (Fsp3) is 0.368. The molecule has 0 aliphatic carbocycles. The summed E-state index contributed by atoms with van der Waals surface area (Å²) in [7, 11) is 0. The van der Waals surface area contributed by atoms with Crippen molar-refractivity contribution >= 4 is 0 Å². The summed E-state index contributed by atoms with van der Waals surface area (Å²) in [6.45, 7) is 5.82. The Balaban J connectivity index is 2.04. The number of halogens is 2. The van der Waals surface area contributed by atoms with Gasteiger partial charge in [-0.25, -0.2) is 8.78 Å². The van der Waals surface area contributed by atoms with Crippen LogP contribution < -0.4 is 9.47 Å². The first-order valence-electron chi connectivity index (χ1n) is 7.75. The van der Waals surface area contributed by atoms with Crippen LogP contribution in [0.5, 0.6) is 11.5 Å². The third-order valence-electron chi connectivity index (χ3n) is 3.28. The lowest BCUT2D eigenvalue weighted by atomic mass is 10.1. The van der Waals surface area contributed by atoms with Crippen LogP contribution in [-0.2, 0) is 6.42 Å². The van der Waals surface area contributed by atoms with E-state index >= 15 is 0 Å². The predicted molar refractivity (Wildman–Crippen MR) is 87.4 cm³/mol. The molecule has 124 valence electrons. The average Bonchev–Trinajstić information content (AvgIpc) is 2.47. The van der Waals surface area contributed by atoms with E-state index in [1.807, 2.05) is 45.0 Å².